The van der Waals surface area contributed by atoms with Gasteiger partial charge in [0.1, 0.15) is 4.90 Å². The Morgan fingerprint density at radius 3 is 2.57 bits per heavy atom. The first-order valence-electron chi connectivity index (χ1n) is 8.14. The summed E-state index contributed by atoms with van der Waals surface area (Å²) in [5.74, 6) is -0.180. The number of amides is 1. The minimum absolute atomic E-state index is 0.0810. The molecule has 0 radical (unpaired) electrons. The van der Waals surface area contributed by atoms with Gasteiger partial charge in [0, 0.05) is 19.0 Å². The second kappa shape index (κ2) is 6.84. The van der Waals surface area contributed by atoms with Gasteiger partial charge in [-0.3, -0.25) is 4.79 Å². The van der Waals surface area contributed by atoms with E-state index in [4.69, 9.17) is 0 Å². The van der Waals surface area contributed by atoms with Gasteiger partial charge in [-0.15, -0.1) is 0 Å². The number of nitrogens with zero attached hydrogens (tertiary/aromatic N) is 1. The lowest BCUT2D eigenvalue weighted by atomic mass is 9.93. The first-order valence-corrected chi connectivity index (χ1v) is 9.58. The van der Waals surface area contributed by atoms with E-state index >= 15 is 0 Å². The molecule has 3 rings (SSSR count). The number of benzene rings is 1. The highest BCUT2D eigenvalue weighted by Crippen LogP contribution is 2.28. The van der Waals surface area contributed by atoms with Gasteiger partial charge in [0.05, 0.1) is 5.69 Å². The normalized spacial score (nSPS) is 22.2. The summed E-state index contributed by atoms with van der Waals surface area (Å²) in [6, 6.07) is 6.69. The van der Waals surface area contributed by atoms with Crippen LogP contribution in [-0.4, -0.2) is 31.7 Å². The molecule has 1 fully saturated rings. The fraction of sp³-hybridized carbons (Fsp3) is 0.471. The van der Waals surface area contributed by atoms with Crippen LogP contribution in [0.4, 0.5) is 5.69 Å². The number of rotatable bonds is 4. The Bertz CT molecular complexity index is 706. The highest BCUT2D eigenvalue weighted by atomic mass is 32.2. The number of carbonyl (C=O) groups is 1. The molecule has 1 aliphatic carbocycles. The molecule has 1 atom stereocenters. The first kappa shape index (κ1) is 16.2. The average Bonchev–Trinajstić information content (AvgIpc) is 3.11. The number of carbonyl (C=O) groups excluding carboxylic acids is 1. The molecule has 2 aliphatic rings. The van der Waals surface area contributed by atoms with E-state index in [1.807, 2.05) is 6.08 Å². The Morgan fingerprint density at radius 2 is 1.87 bits per heavy atom. The zero-order valence-electron chi connectivity index (χ0n) is 13.1. The average molecular weight is 334 g/mol. The molecule has 5 nitrogen and oxygen atoms in total. The number of sulfonamides is 1. The molecule has 0 saturated carbocycles. The predicted octanol–water partition coefficient (Wildman–Crippen LogP) is 2.77. The van der Waals surface area contributed by atoms with E-state index in [0.717, 1.165) is 25.7 Å². The number of nitrogens with one attached hydrogen (secondary N) is 1. The van der Waals surface area contributed by atoms with E-state index in [0.29, 0.717) is 25.2 Å². The molecular formula is C17H22N2O3S. The second-order valence-corrected chi connectivity index (χ2v) is 7.98. The van der Waals surface area contributed by atoms with Crippen LogP contribution in [0.15, 0.2) is 41.3 Å². The van der Waals surface area contributed by atoms with E-state index in [9.17, 15) is 13.2 Å². The van der Waals surface area contributed by atoms with Crippen molar-refractivity contribution in [1.29, 1.82) is 0 Å². The summed E-state index contributed by atoms with van der Waals surface area (Å²) < 4.78 is 27.1. The van der Waals surface area contributed by atoms with Gasteiger partial charge < -0.3 is 5.32 Å². The highest BCUT2D eigenvalue weighted by molar-refractivity contribution is 7.89. The third kappa shape index (κ3) is 3.48. The van der Waals surface area contributed by atoms with Gasteiger partial charge in [-0.05, 0) is 44.2 Å². The van der Waals surface area contributed by atoms with Crippen molar-refractivity contribution in [3.8, 4) is 0 Å². The van der Waals surface area contributed by atoms with Gasteiger partial charge in [-0.1, -0.05) is 24.3 Å². The maximum atomic E-state index is 12.8. The third-order valence-electron chi connectivity index (χ3n) is 4.47. The van der Waals surface area contributed by atoms with Crippen LogP contribution in [0.2, 0.25) is 0 Å². The molecule has 1 amide bonds. The molecule has 23 heavy (non-hydrogen) atoms. The number of hydrogen-bond donors (Lipinski definition) is 1. The molecule has 0 unspecified atom stereocenters. The van der Waals surface area contributed by atoms with Gasteiger partial charge in [0.2, 0.25) is 15.9 Å². The van der Waals surface area contributed by atoms with E-state index in [1.54, 1.807) is 24.3 Å². The van der Waals surface area contributed by atoms with Gasteiger partial charge in [0.25, 0.3) is 0 Å². The number of para-hydroxylation sites is 1. The van der Waals surface area contributed by atoms with Crippen LogP contribution in [0.5, 0.6) is 0 Å². The van der Waals surface area contributed by atoms with Crippen molar-refractivity contribution in [1.82, 2.24) is 4.31 Å². The van der Waals surface area contributed by atoms with Crippen molar-refractivity contribution in [2.45, 2.75) is 37.0 Å². The van der Waals surface area contributed by atoms with Crippen LogP contribution in [0, 0.1) is 5.92 Å². The third-order valence-corrected chi connectivity index (χ3v) is 6.42. The van der Waals surface area contributed by atoms with Crippen LogP contribution in [0.1, 0.15) is 32.1 Å². The Kier molecular flexibility index (Phi) is 4.82. The van der Waals surface area contributed by atoms with Crippen molar-refractivity contribution in [3.63, 3.8) is 0 Å². The molecular weight excluding hydrogens is 312 g/mol. The van der Waals surface area contributed by atoms with Gasteiger partial charge in [-0.2, -0.15) is 4.31 Å². The Hall–Kier alpha value is -1.66. The molecule has 0 bridgehead atoms. The summed E-state index contributed by atoms with van der Waals surface area (Å²) in [6.45, 7) is 1.11. The van der Waals surface area contributed by atoms with Crippen molar-refractivity contribution < 1.29 is 13.2 Å². The van der Waals surface area contributed by atoms with E-state index in [1.165, 1.54) is 4.31 Å². The van der Waals surface area contributed by atoms with Gasteiger partial charge in [-0.25, -0.2) is 8.42 Å². The molecule has 0 spiro atoms. The molecule has 1 aromatic rings. The van der Waals surface area contributed by atoms with E-state index in [-0.39, 0.29) is 16.7 Å². The molecule has 124 valence electrons. The van der Waals surface area contributed by atoms with Gasteiger partial charge in [0.15, 0.2) is 0 Å². The van der Waals surface area contributed by atoms with Crippen molar-refractivity contribution in [2.24, 2.45) is 5.92 Å². The van der Waals surface area contributed by atoms with Crippen molar-refractivity contribution >= 4 is 21.6 Å². The van der Waals surface area contributed by atoms with Gasteiger partial charge >= 0.3 is 0 Å². The summed E-state index contributed by atoms with van der Waals surface area (Å²) in [5.41, 5.74) is 0.388. The topological polar surface area (TPSA) is 66.5 Å². The van der Waals surface area contributed by atoms with Crippen molar-refractivity contribution in [2.75, 3.05) is 18.4 Å². The minimum Gasteiger partial charge on any atom is -0.325 e. The summed E-state index contributed by atoms with van der Waals surface area (Å²) in [5, 5.41) is 2.83. The first-order chi connectivity index (χ1) is 11.1. The quantitative estimate of drug-likeness (QED) is 0.861. The van der Waals surface area contributed by atoms with Crippen molar-refractivity contribution in [3.05, 3.63) is 36.4 Å². The summed E-state index contributed by atoms with van der Waals surface area (Å²) in [7, 11) is -3.54. The SMILES string of the molecule is O=C(Nc1ccccc1S(=O)(=O)N1CCCC1)[C@@H]1CC=CCC1. The summed E-state index contributed by atoms with van der Waals surface area (Å²) >= 11 is 0. The van der Waals surface area contributed by atoms with E-state index < -0.39 is 10.0 Å². The monoisotopic (exact) mass is 334 g/mol. The lowest BCUT2D eigenvalue weighted by Gasteiger charge is -2.21. The van der Waals surface area contributed by atoms with E-state index in [2.05, 4.69) is 11.4 Å². The maximum Gasteiger partial charge on any atom is 0.245 e. The zero-order chi connectivity index (χ0) is 16.3. The highest BCUT2D eigenvalue weighted by Gasteiger charge is 2.30. The largest absolute Gasteiger partial charge is 0.325 e. The Balaban J connectivity index is 1.83. The zero-order valence-corrected chi connectivity index (χ0v) is 13.9. The maximum absolute atomic E-state index is 12.8. The lowest BCUT2D eigenvalue weighted by molar-refractivity contribution is -0.120. The molecule has 0 aromatic heterocycles. The smallest absolute Gasteiger partial charge is 0.245 e. The standard InChI is InChI=1S/C17H22N2O3S/c20-17(14-8-2-1-3-9-14)18-15-10-4-5-11-16(15)23(21,22)19-12-6-7-13-19/h1-2,4-5,10-11,14H,3,6-9,12-13H2,(H,18,20)/t14-/m1/s1. The number of allylic oxidation sites excluding steroid dienone is 2. The minimum atomic E-state index is -3.54. The Morgan fingerprint density at radius 1 is 1.13 bits per heavy atom. The Labute approximate surface area is 137 Å². The molecule has 1 aliphatic heterocycles. The fourth-order valence-corrected chi connectivity index (χ4v) is 4.79. The molecule has 1 saturated heterocycles. The fourth-order valence-electron chi connectivity index (χ4n) is 3.13. The second-order valence-electron chi connectivity index (χ2n) is 6.08. The number of anilines is 1. The van der Waals surface area contributed by atoms with Crippen LogP contribution < -0.4 is 5.32 Å². The molecule has 1 N–H and O–H groups in total. The lowest BCUT2D eigenvalue weighted by Crippen LogP contribution is -2.30. The van der Waals surface area contributed by atoms with Crippen LogP contribution >= 0.6 is 0 Å². The summed E-state index contributed by atoms with van der Waals surface area (Å²) in [6.07, 6.45) is 8.29. The number of hydrogen-bond acceptors (Lipinski definition) is 3. The predicted molar refractivity (Wildman–Crippen MR) is 89.5 cm³/mol. The molecule has 6 heteroatoms. The molecule has 1 aromatic carbocycles. The van der Waals surface area contributed by atoms with Crippen LogP contribution in [-0.2, 0) is 14.8 Å². The van der Waals surface area contributed by atoms with Crippen LogP contribution in [0.25, 0.3) is 0 Å². The molecule has 1 heterocycles. The van der Waals surface area contributed by atoms with Crippen LogP contribution in [0.3, 0.4) is 0 Å². The summed E-state index contributed by atoms with van der Waals surface area (Å²) in [4.78, 5) is 12.6.